The third kappa shape index (κ3) is 5.63. The van der Waals surface area contributed by atoms with Gasteiger partial charge < -0.3 is 10.2 Å². The highest BCUT2D eigenvalue weighted by Crippen LogP contribution is 2.20. The lowest BCUT2D eigenvalue weighted by Crippen LogP contribution is -2.49. The summed E-state index contributed by atoms with van der Waals surface area (Å²) >= 11 is 0. The van der Waals surface area contributed by atoms with Crippen molar-refractivity contribution in [1.29, 1.82) is 0 Å². The second-order valence-corrected chi connectivity index (χ2v) is 7.53. The number of anilines is 1. The second kappa shape index (κ2) is 10.3. The van der Waals surface area contributed by atoms with Gasteiger partial charge in [0.05, 0.1) is 12.2 Å². The Hall–Kier alpha value is -2.80. The van der Waals surface area contributed by atoms with E-state index < -0.39 is 11.6 Å². The average molecular weight is 415 g/mol. The maximum absolute atomic E-state index is 13.8. The van der Waals surface area contributed by atoms with Gasteiger partial charge in [0.15, 0.2) is 0 Å². The maximum atomic E-state index is 13.8. The highest BCUT2D eigenvalue weighted by atomic mass is 19.1. The van der Waals surface area contributed by atoms with Gasteiger partial charge in [-0.25, -0.2) is 8.78 Å². The highest BCUT2D eigenvalue weighted by Gasteiger charge is 2.28. The first-order valence-electron chi connectivity index (χ1n) is 10.3. The first-order chi connectivity index (χ1) is 14.5. The van der Waals surface area contributed by atoms with Crippen molar-refractivity contribution in [3.63, 3.8) is 0 Å². The lowest BCUT2D eigenvalue weighted by Gasteiger charge is -2.38. The number of piperidine rings is 1. The van der Waals surface area contributed by atoms with Crippen LogP contribution in [-0.2, 0) is 4.79 Å². The minimum absolute atomic E-state index is 0.0235. The molecule has 1 aliphatic heterocycles. The molecule has 7 heteroatoms. The number of halogens is 2. The molecule has 2 aromatic carbocycles. The van der Waals surface area contributed by atoms with E-state index in [1.165, 1.54) is 0 Å². The molecule has 1 N–H and O–H groups in total. The first-order valence-corrected chi connectivity index (χ1v) is 10.3. The molecule has 1 aliphatic rings. The van der Waals surface area contributed by atoms with Crippen molar-refractivity contribution in [2.24, 2.45) is 0 Å². The molecule has 0 aliphatic carbocycles. The van der Waals surface area contributed by atoms with Crippen LogP contribution in [0.15, 0.2) is 48.5 Å². The number of benzene rings is 2. The summed E-state index contributed by atoms with van der Waals surface area (Å²) < 4.78 is 27.1. The summed E-state index contributed by atoms with van der Waals surface area (Å²) in [6.45, 7) is 4.10. The van der Waals surface area contributed by atoms with Crippen molar-refractivity contribution < 1.29 is 18.4 Å². The largest absolute Gasteiger partial charge is 0.339 e. The van der Waals surface area contributed by atoms with Crippen LogP contribution >= 0.6 is 0 Å². The summed E-state index contributed by atoms with van der Waals surface area (Å²) in [6, 6.07) is 12.4. The van der Waals surface area contributed by atoms with E-state index in [1.54, 1.807) is 0 Å². The number of likely N-dealkylation sites (tertiary alicyclic amines) is 1. The predicted molar refractivity (Wildman–Crippen MR) is 112 cm³/mol. The number of nitrogens with zero attached hydrogens (tertiary/aromatic N) is 2. The molecule has 0 spiro atoms. The van der Waals surface area contributed by atoms with E-state index in [9.17, 15) is 18.4 Å². The Morgan fingerprint density at radius 3 is 2.47 bits per heavy atom. The molecule has 1 fully saturated rings. The smallest absolute Gasteiger partial charge is 0.253 e. The lowest BCUT2D eigenvalue weighted by atomic mass is 10.0. The van der Waals surface area contributed by atoms with Crippen LogP contribution in [0.2, 0.25) is 0 Å². The zero-order chi connectivity index (χ0) is 21.5. The fourth-order valence-corrected chi connectivity index (χ4v) is 3.84. The van der Waals surface area contributed by atoms with Crippen molar-refractivity contribution in [2.75, 3.05) is 31.5 Å². The molecular weight excluding hydrogens is 388 g/mol. The van der Waals surface area contributed by atoms with Gasteiger partial charge in [0.2, 0.25) is 5.91 Å². The molecule has 0 unspecified atom stereocenters. The third-order valence-electron chi connectivity index (χ3n) is 5.35. The Morgan fingerprint density at radius 1 is 1.10 bits per heavy atom. The van der Waals surface area contributed by atoms with E-state index >= 15 is 0 Å². The summed E-state index contributed by atoms with van der Waals surface area (Å²) in [6.07, 6.45) is 2.39. The van der Waals surface area contributed by atoms with Crippen LogP contribution in [0, 0.1) is 11.6 Å². The third-order valence-corrected chi connectivity index (χ3v) is 5.35. The van der Waals surface area contributed by atoms with Crippen LogP contribution in [0.3, 0.4) is 0 Å². The van der Waals surface area contributed by atoms with Gasteiger partial charge in [-0.2, -0.15) is 0 Å². The minimum Gasteiger partial charge on any atom is -0.339 e. The van der Waals surface area contributed by atoms with Crippen LogP contribution in [0.4, 0.5) is 14.5 Å². The van der Waals surface area contributed by atoms with Crippen molar-refractivity contribution >= 4 is 17.5 Å². The van der Waals surface area contributed by atoms with E-state index in [0.29, 0.717) is 18.7 Å². The number of hydrogen-bond acceptors (Lipinski definition) is 3. The van der Waals surface area contributed by atoms with E-state index in [-0.39, 0.29) is 30.1 Å². The molecule has 3 rings (SSSR count). The molecule has 30 heavy (non-hydrogen) atoms. The Morgan fingerprint density at radius 2 is 1.80 bits per heavy atom. The zero-order valence-corrected chi connectivity index (χ0v) is 17.1. The van der Waals surface area contributed by atoms with Crippen LogP contribution in [0.1, 0.15) is 36.5 Å². The molecular formula is C23H27F2N3O2. The van der Waals surface area contributed by atoms with Crippen LogP contribution in [-0.4, -0.2) is 53.8 Å². The molecule has 1 saturated heterocycles. The topological polar surface area (TPSA) is 52.7 Å². The number of carbonyl (C=O) groups is 2. The van der Waals surface area contributed by atoms with Gasteiger partial charge in [0, 0.05) is 30.8 Å². The Balaban J connectivity index is 1.57. The lowest BCUT2D eigenvalue weighted by molar-refractivity contribution is -0.118. The molecule has 1 heterocycles. The molecule has 0 bridgehead atoms. The Bertz CT molecular complexity index is 868. The van der Waals surface area contributed by atoms with Gasteiger partial charge in [0.1, 0.15) is 11.6 Å². The molecule has 2 amide bonds. The van der Waals surface area contributed by atoms with Gasteiger partial charge in [-0.15, -0.1) is 0 Å². The van der Waals surface area contributed by atoms with Gasteiger partial charge in [-0.1, -0.05) is 25.1 Å². The van der Waals surface area contributed by atoms with Crippen molar-refractivity contribution in [1.82, 2.24) is 9.80 Å². The highest BCUT2D eigenvalue weighted by molar-refractivity contribution is 5.94. The minimum atomic E-state index is -0.667. The standard InChI is InChI=1S/C23H27F2N3O2/c1-2-12-28(16-22(29)26-21-15-18(24)8-9-20(21)25)19-10-13-27(14-11-19)23(30)17-6-4-3-5-7-17/h3-9,15,19H,2,10-14,16H2,1H3,(H,26,29). The van der Waals surface area contributed by atoms with E-state index in [4.69, 9.17) is 0 Å². The van der Waals surface area contributed by atoms with E-state index in [0.717, 1.165) is 44.0 Å². The summed E-state index contributed by atoms with van der Waals surface area (Å²) in [5.74, 6) is -1.63. The van der Waals surface area contributed by atoms with Crippen LogP contribution < -0.4 is 5.32 Å². The number of amides is 2. The molecule has 160 valence electrons. The van der Waals surface area contributed by atoms with Crippen molar-refractivity contribution in [2.45, 2.75) is 32.2 Å². The first kappa shape index (κ1) is 21.9. The Kier molecular flexibility index (Phi) is 7.52. The molecule has 0 atom stereocenters. The molecule has 0 aromatic heterocycles. The predicted octanol–water partition coefficient (Wildman–Crippen LogP) is 3.92. The SMILES string of the molecule is CCCN(CC(=O)Nc1cc(F)ccc1F)C1CCN(C(=O)c2ccccc2)CC1. The van der Waals surface area contributed by atoms with Crippen LogP contribution in [0.25, 0.3) is 0 Å². The quantitative estimate of drug-likeness (QED) is 0.746. The molecule has 0 radical (unpaired) electrons. The summed E-state index contributed by atoms with van der Waals surface area (Å²) in [5.41, 5.74) is 0.526. The van der Waals surface area contributed by atoms with Crippen molar-refractivity contribution in [3.05, 3.63) is 65.7 Å². The van der Waals surface area contributed by atoms with Gasteiger partial charge in [-0.05, 0) is 50.1 Å². The summed E-state index contributed by atoms with van der Waals surface area (Å²) in [5, 5.41) is 2.47. The normalized spacial score (nSPS) is 14.7. The maximum Gasteiger partial charge on any atom is 0.253 e. The fraction of sp³-hybridized carbons (Fsp3) is 0.391. The fourth-order valence-electron chi connectivity index (χ4n) is 3.84. The van der Waals surface area contributed by atoms with Gasteiger partial charge in [0.25, 0.3) is 5.91 Å². The van der Waals surface area contributed by atoms with Crippen LogP contribution in [0.5, 0.6) is 0 Å². The number of hydrogen-bond donors (Lipinski definition) is 1. The van der Waals surface area contributed by atoms with Crippen molar-refractivity contribution in [3.8, 4) is 0 Å². The monoisotopic (exact) mass is 415 g/mol. The summed E-state index contributed by atoms with van der Waals surface area (Å²) in [7, 11) is 0. The number of nitrogens with one attached hydrogen (secondary N) is 1. The average Bonchev–Trinajstić information content (AvgIpc) is 2.76. The zero-order valence-electron chi connectivity index (χ0n) is 17.1. The summed E-state index contributed by atoms with van der Waals surface area (Å²) in [4.78, 5) is 29.0. The molecule has 5 nitrogen and oxygen atoms in total. The number of rotatable bonds is 7. The van der Waals surface area contributed by atoms with E-state index in [2.05, 4.69) is 10.2 Å². The molecule has 2 aromatic rings. The van der Waals surface area contributed by atoms with E-state index in [1.807, 2.05) is 42.2 Å². The van der Waals surface area contributed by atoms with Gasteiger partial charge >= 0.3 is 0 Å². The van der Waals surface area contributed by atoms with Gasteiger partial charge in [-0.3, -0.25) is 14.5 Å². The number of carbonyl (C=O) groups excluding carboxylic acids is 2. The second-order valence-electron chi connectivity index (χ2n) is 7.53. The molecule has 0 saturated carbocycles. The Labute approximate surface area is 175 Å².